The number of halogens is 2. The van der Waals surface area contributed by atoms with E-state index in [1.54, 1.807) is 19.2 Å². The van der Waals surface area contributed by atoms with E-state index in [0.29, 0.717) is 18.1 Å². The zero-order valence-electron chi connectivity index (χ0n) is 16.2. The van der Waals surface area contributed by atoms with Gasteiger partial charge in [0.05, 0.1) is 10.7 Å². The number of rotatable bonds is 8. The SMILES string of the molecule is CC(Oc1ccccc1Br)C(=O)NN=Cc1ccccc1OCc1cccc(Br)c1. The molecule has 0 aliphatic rings. The molecule has 1 N–H and O–H groups in total. The fraction of sp³-hybridized carbons (Fsp3) is 0.130. The Hall–Kier alpha value is -2.64. The van der Waals surface area contributed by atoms with Gasteiger partial charge in [0, 0.05) is 10.0 Å². The molecule has 5 nitrogen and oxygen atoms in total. The molecule has 0 aromatic heterocycles. The van der Waals surface area contributed by atoms with Crippen molar-refractivity contribution < 1.29 is 14.3 Å². The van der Waals surface area contributed by atoms with Crippen LogP contribution in [0.3, 0.4) is 0 Å². The van der Waals surface area contributed by atoms with Crippen LogP contribution in [0.2, 0.25) is 0 Å². The third kappa shape index (κ3) is 6.43. The second-order valence-corrected chi connectivity index (χ2v) is 8.15. The van der Waals surface area contributed by atoms with Crippen molar-refractivity contribution in [3.63, 3.8) is 0 Å². The maximum Gasteiger partial charge on any atom is 0.280 e. The number of para-hydroxylation sites is 2. The molecule has 0 aliphatic carbocycles. The van der Waals surface area contributed by atoms with Gasteiger partial charge in [0.2, 0.25) is 0 Å². The lowest BCUT2D eigenvalue weighted by Gasteiger charge is -2.14. The topological polar surface area (TPSA) is 59.9 Å². The number of nitrogens with one attached hydrogen (secondary N) is 1. The smallest absolute Gasteiger partial charge is 0.280 e. The molecule has 3 rings (SSSR count). The summed E-state index contributed by atoms with van der Waals surface area (Å²) in [5.74, 6) is 0.915. The number of nitrogens with zero attached hydrogens (tertiary/aromatic N) is 1. The minimum absolute atomic E-state index is 0.352. The Morgan fingerprint density at radius 1 is 1.03 bits per heavy atom. The molecular formula is C23H20Br2N2O3. The number of ether oxygens (including phenoxy) is 2. The molecule has 0 aliphatic heterocycles. The van der Waals surface area contributed by atoms with E-state index >= 15 is 0 Å². The molecule has 0 saturated carbocycles. The van der Waals surface area contributed by atoms with Crippen molar-refractivity contribution in [1.82, 2.24) is 5.43 Å². The number of hydrazone groups is 1. The van der Waals surface area contributed by atoms with E-state index in [1.165, 1.54) is 0 Å². The van der Waals surface area contributed by atoms with Gasteiger partial charge in [0.25, 0.3) is 5.91 Å². The molecule has 1 unspecified atom stereocenters. The molecule has 0 bridgehead atoms. The second-order valence-electron chi connectivity index (χ2n) is 6.38. The molecule has 30 heavy (non-hydrogen) atoms. The van der Waals surface area contributed by atoms with Crippen LogP contribution in [0.25, 0.3) is 0 Å². The van der Waals surface area contributed by atoms with Gasteiger partial charge in [-0.25, -0.2) is 5.43 Å². The minimum Gasteiger partial charge on any atom is -0.488 e. The Bertz CT molecular complexity index is 1040. The molecule has 7 heteroatoms. The largest absolute Gasteiger partial charge is 0.488 e. The Kier molecular flexibility index (Phi) is 8.04. The van der Waals surface area contributed by atoms with Crippen molar-refractivity contribution in [3.05, 3.63) is 92.9 Å². The monoisotopic (exact) mass is 530 g/mol. The van der Waals surface area contributed by atoms with E-state index in [9.17, 15) is 4.79 Å². The molecular weight excluding hydrogens is 512 g/mol. The lowest BCUT2D eigenvalue weighted by Crippen LogP contribution is -2.33. The third-order valence-corrected chi connectivity index (χ3v) is 5.24. The van der Waals surface area contributed by atoms with Crippen molar-refractivity contribution in [2.75, 3.05) is 0 Å². The maximum atomic E-state index is 12.3. The van der Waals surface area contributed by atoms with Crippen LogP contribution in [-0.4, -0.2) is 18.2 Å². The van der Waals surface area contributed by atoms with Crippen LogP contribution >= 0.6 is 31.9 Å². The fourth-order valence-electron chi connectivity index (χ4n) is 2.55. The molecule has 3 aromatic rings. The summed E-state index contributed by atoms with van der Waals surface area (Å²) in [6.45, 7) is 2.09. The summed E-state index contributed by atoms with van der Waals surface area (Å²) < 4.78 is 13.4. The van der Waals surface area contributed by atoms with Crippen molar-refractivity contribution in [2.24, 2.45) is 5.10 Å². The number of carbonyl (C=O) groups is 1. The Morgan fingerprint density at radius 3 is 2.53 bits per heavy atom. The van der Waals surface area contributed by atoms with Crippen LogP contribution in [0, 0.1) is 0 Å². The molecule has 0 radical (unpaired) electrons. The van der Waals surface area contributed by atoms with E-state index < -0.39 is 6.10 Å². The summed E-state index contributed by atoms with van der Waals surface area (Å²) in [4.78, 5) is 12.3. The molecule has 1 atom stereocenters. The van der Waals surface area contributed by atoms with Gasteiger partial charge in [-0.1, -0.05) is 52.3 Å². The van der Waals surface area contributed by atoms with Gasteiger partial charge in [-0.15, -0.1) is 0 Å². The fourth-order valence-corrected chi connectivity index (χ4v) is 3.37. The van der Waals surface area contributed by atoms with E-state index in [1.807, 2.05) is 66.7 Å². The summed E-state index contributed by atoms with van der Waals surface area (Å²) in [5.41, 5.74) is 4.31. The maximum absolute atomic E-state index is 12.3. The molecule has 0 heterocycles. The number of hydrogen-bond acceptors (Lipinski definition) is 4. The molecule has 0 saturated heterocycles. The number of amides is 1. The van der Waals surface area contributed by atoms with Crippen LogP contribution < -0.4 is 14.9 Å². The molecule has 0 fully saturated rings. The predicted molar refractivity (Wildman–Crippen MR) is 125 cm³/mol. The lowest BCUT2D eigenvalue weighted by molar-refractivity contribution is -0.127. The Balaban J connectivity index is 1.58. The van der Waals surface area contributed by atoms with Crippen molar-refractivity contribution in [1.29, 1.82) is 0 Å². The number of benzene rings is 3. The van der Waals surface area contributed by atoms with Crippen LogP contribution in [0.15, 0.2) is 86.8 Å². The van der Waals surface area contributed by atoms with E-state index in [-0.39, 0.29) is 5.91 Å². The van der Waals surface area contributed by atoms with Gasteiger partial charge >= 0.3 is 0 Å². The Morgan fingerprint density at radius 2 is 1.77 bits per heavy atom. The predicted octanol–water partition coefficient (Wildman–Crippen LogP) is 5.71. The van der Waals surface area contributed by atoms with Gasteiger partial charge in [-0.2, -0.15) is 5.10 Å². The number of hydrogen-bond donors (Lipinski definition) is 1. The average molecular weight is 532 g/mol. The first-order valence-corrected chi connectivity index (χ1v) is 10.8. The summed E-state index contributed by atoms with van der Waals surface area (Å²) in [7, 11) is 0. The first-order chi connectivity index (χ1) is 14.5. The Labute approximate surface area is 192 Å². The quantitative estimate of drug-likeness (QED) is 0.299. The second kappa shape index (κ2) is 10.9. The van der Waals surface area contributed by atoms with Gasteiger partial charge in [0.15, 0.2) is 6.10 Å². The van der Waals surface area contributed by atoms with E-state index in [0.717, 1.165) is 20.1 Å². The summed E-state index contributed by atoms with van der Waals surface area (Å²) in [6, 6.07) is 22.8. The summed E-state index contributed by atoms with van der Waals surface area (Å²) in [6.07, 6.45) is 0.850. The standard InChI is InChI=1S/C23H20Br2N2O3/c1-16(30-22-12-5-3-10-20(22)25)23(28)27-26-14-18-8-2-4-11-21(18)29-15-17-7-6-9-19(24)13-17/h2-14,16H,15H2,1H3,(H,27,28). The van der Waals surface area contributed by atoms with Crippen molar-refractivity contribution in [3.8, 4) is 11.5 Å². The molecule has 154 valence electrons. The van der Waals surface area contributed by atoms with Crippen molar-refractivity contribution in [2.45, 2.75) is 19.6 Å². The molecule has 0 spiro atoms. The highest BCUT2D eigenvalue weighted by Crippen LogP contribution is 2.25. The molecule has 1 amide bonds. The highest BCUT2D eigenvalue weighted by molar-refractivity contribution is 9.10. The first kappa shape index (κ1) is 22.1. The van der Waals surface area contributed by atoms with Crippen LogP contribution in [0.4, 0.5) is 0 Å². The highest BCUT2D eigenvalue weighted by atomic mass is 79.9. The van der Waals surface area contributed by atoms with Crippen molar-refractivity contribution >= 4 is 44.0 Å². The van der Waals surface area contributed by atoms with Gasteiger partial charge < -0.3 is 9.47 Å². The minimum atomic E-state index is -0.705. The van der Waals surface area contributed by atoms with Gasteiger partial charge in [0.1, 0.15) is 18.1 Å². The van der Waals surface area contributed by atoms with E-state index in [4.69, 9.17) is 9.47 Å². The van der Waals surface area contributed by atoms with Gasteiger partial charge in [-0.3, -0.25) is 4.79 Å². The third-order valence-electron chi connectivity index (χ3n) is 4.09. The normalized spacial score (nSPS) is 11.8. The highest BCUT2D eigenvalue weighted by Gasteiger charge is 2.15. The molecule has 3 aromatic carbocycles. The zero-order chi connectivity index (χ0) is 21.3. The summed E-state index contributed by atoms with van der Waals surface area (Å²) >= 11 is 6.85. The van der Waals surface area contributed by atoms with Crippen LogP contribution in [0.5, 0.6) is 11.5 Å². The van der Waals surface area contributed by atoms with Crippen LogP contribution in [-0.2, 0) is 11.4 Å². The summed E-state index contributed by atoms with van der Waals surface area (Å²) in [5, 5.41) is 4.05. The number of carbonyl (C=O) groups excluding carboxylic acids is 1. The lowest BCUT2D eigenvalue weighted by atomic mass is 10.2. The van der Waals surface area contributed by atoms with Crippen LogP contribution in [0.1, 0.15) is 18.1 Å². The zero-order valence-corrected chi connectivity index (χ0v) is 19.4. The first-order valence-electron chi connectivity index (χ1n) is 9.23. The van der Waals surface area contributed by atoms with Gasteiger partial charge in [-0.05, 0) is 64.8 Å². The van der Waals surface area contributed by atoms with E-state index in [2.05, 4.69) is 42.4 Å². The average Bonchev–Trinajstić information content (AvgIpc) is 2.74.